The van der Waals surface area contributed by atoms with Crippen LogP contribution in [0.5, 0.6) is 0 Å². The number of hydrazine groups is 1. The Balaban J connectivity index is 1.71. The van der Waals surface area contributed by atoms with E-state index in [4.69, 9.17) is 11.6 Å². The molecule has 3 rings (SSSR count). The van der Waals surface area contributed by atoms with Crippen molar-refractivity contribution >= 4 is 39.1 Å². The second kappa shape index (κ2) is 9.42. The Morgan fingerprint density at radius 3 is 2.19 bits per heavy atom. The fourth-order valence-corrected chi connectivity index (χ4v) is 4.24. The largest absolute Gasteiger partial charge is 0.278 e. The van der Waals surface area contributed by atoms with Crippen LogP contribution in [0.4, 0.5) is 5.69 Å². The minimum absolute atomic E-state index is 0.0600. The number of para-hydroxylation sites is 1. The summed E-state index contributed by atoms with van der Waals surface area (Å²) >= 11 is 6.02. The highest BCUT2D eigenvalue weighted by molar-refractivity contribution is 7.92. The number of carbonyl (C=O) groups is 2. The summed E-state index contributed by atoms with van der Waals surface area (Å²) in [6.07, 6.45) is 0. The molecule has 0 saturated heterocycles. The number of hydrogen-bond acceptors (Lipinski definition) is 4. The number of halogens is 1. The Kier molecular flexibility index (Phi) is 6.86. The predicted octanol–water partition coefficient (Wildman–Crippen LogP) is 3.88. The van der Waals surface area contributed by atoms with Crippen LogP contribution < -0.4 is 15.6 Å². The van der Waals surface area contributed by atoms with Crippen molar-refractivity contribution in [3.8, 4) is 0 Å². The molecule has 166 valence electrons. The molecule has 3 aromatic rings. The normalized spacial score (nSPS) is 11.5. The van der Waals surface area contributed by atoms with Gasteiger partial charge in [-0.15, -0.1) is 0 Å². The van der Waals surface area contributed by atoms with Crippen LogP contribution in [-0.2, 0) is 20.2 Å². The van der Waals surface area contributed by atoms with Crippen molar-refractivity contribution in [3.63, 3.8) is 0 Å². The molecule has 0 spiro atoms. The molecule has 0 bridgehead atoms. The quantitative estimate of drug-likeness (QED) is 0.474. The first kappa shape index (κ1) is 23.3. The van der Waals surface area contributed by atoms with Crippen LogP contribution in [0, 0.1) is 0 Å². The van der Waals surface area contributed by atoms with E-state index in [9.17, 15) is 18.0 Å². The summed E-state index contributed by atoms with van der Waals surface area (Å²) in [5.41, 5.74) is 4.92. The van der Waals surface area contributed by atoms with Crippen molar-refractivity contribution in [1.29, 1.82) is 0 Å². The topological polar surface area (TPSA) is 104 Å². The van der Waals surface area contributed by atoms with Crippen molar-refractivity contribution in [2.75, 3.05) is 4.72 Å². The minimum Gasteiger partial charge on any atom is -0.278 e. The van der Waals surface area contributed by atoms with Crippen molar-refractivity contribution < 1.29 is 18.0 Å². The SMILES string of the molecule is CC(C)(C(=O)NNC(=O)c1cccc(S(=O)(=O)Nc2ccccc2Cl)c1)c1ccccc1. The van der Waals surface area contributed by atoms with Gasteiger partial charge >= 0.3 is 0 Å². The molecule has 0 aliphatic heterocycles. The van der Waals surface area contributed by atoms with E-state index in [1.165, 1.54) is 30.3 Å². The molecule has 0 fully saturated rings. The van der Waals surface area contributed by atoms with E-state index in [1.807, 2.05) is 30.3 Å². The predicted molar refractivity (Wildman–Crippen MR) is 124 cm³/mol. The van der Waals surface area contributed by atoms with Gasteiger partial charge in [-0.1, -0.05) is 60.1 Å². The van der Waals surface area contributed by atoms with Gasteiger partial charge in [-0.05, 0) is 49.7 Å². The summed E-state index contributed by atoms with van der Waals surface area (Å²) in [6.45, 7) is 3.47. The van der Waals surface area contributed by atoms with Crippen molar-refractivity contribution in [2.24, 2.45) is 0 Å². The second-order valence-electron chi connectivity index (χ2n) is 7.51. The molecule has 0 aliphatic carbocycles. The van der Waals surface area contributed by atoms with Gasteiger partial charge in [-0.25, -0.2) is 8.42 Å². The molecule has 0 radical (unpaired) electrons. The van der Waals surface area contributed by atoms with Gasteiger partial charge < -0.3 is 0 Å². The lowest BCUT2D eigenvalue weighted by molar-refractivity contribution is -0.126. The Morgan fingerprint density at radius 2 is 1.50 bits per heavy atom. The fourth-order valence-electron chi connectivity index (χ4n) is 2.88. The average molecular weight is 472 g/mol. The molecule has 0 heterocycles. The molecule has 3 aromatic carbocycles. The van der Waals surface area contributed by atoms with Crippen LogP contribution in [0.25, 0.3) is 0 Å². The number of sulfonamides is 1. The summed E-state index contributed by atoms with van der Waals surface area (Å²) in [4.78, 5) is 25.0. The lowest BCUT2D eigenvalue weighted by Crippen LogP contribution is -2.49. The first-order valence-corrected chi connectivity index (χ1v) is 11.5. The lowest BCUT2D eigenvalue weighted by Gasteiger charge is -2.24. The third kappa shape index (κ3) is 5.27. The third-order valence-corrected chi connectivity index (χ3v) is 6.57. The fraction of sp³-hybridized carbons (Fsp3) is 0.130. The van der Waals surface area contributed by atoms with Gasteiger partial charge in [0, 0.05) is 5.56 Å². The van der Waals surface area contributed by atoms with Gasteiger partial charge in [0.1, 0.15) is 0 Å². The van der Waals surface area contributed by atoms with E-state index in [-0.39, 0.29) is 21.2 Å². The van der Waals surface area contributed by atoms with Crippen LogP contribution in [-0.4, -0.2) is 20.2 Å². The van der Waals surface area contributed by atoms with E-state index in [0.717, 1.165) is 5.56 Å². The van der Waals surface area contributed by atoms with Gasteiger partial charge in [-0.2, -0.15) is 0 Å². The van der Waals surface area contributed by atoms with Gasteiger partial charge in [-0.3, -0.25) is 25.2 Å². The average Bonchev–Trinajstić information content (AvgIpc) is 2.79. The maximum absolute atomic E-state index is 12.7. The smallest absolute Gasteiger partial charge is 0.269 e. The number of rotatable bonds is 6. The van der Waals surface area contributed by atoms with Crippen LogP contribution >= 0.6 is 11.6 Å². The Labute approximate surface area is 191 Å². The molecule has 32 heavy (non-hydrogen) atoms. The van der Waals surface area contributed by atoms with E-state index in [2.05, 4.69) is 15.6 Å². The van der Waals surface area contributed by atoms with Crippen LogP contribution in [0.15, 0.2) is 83.8 Å². The standard InChI is InChI=1S/C23H22ClN3O4S/c1-23(2,17-10-4-3-5-11-17)22(29)26-25-21(28)16-9-8-12-18(15-16)32(30,31)27-20-14-7-6-13-19(20)24/h3-15,27H,1-2H3,(H,25,28)(H,26,29). The summed E-state index contributed by atoms with van der Waals surface area (Å²) in [6, 6.07) is 21.0. The van der Waals surface area contributed by atoms with Gasteiger partial charge in [0.25, 0.3) is 15.9 Å². The zero-order valence-electron chi connectivity index (χ0n) is 17.4. The monoisotopic (exact) mass is 471 g/mol. The highest BCUT2D eigenvalue weighted by Crippen LogP contribution is 2.25. The van der Waals surface area contributed by atoms with Crippen LogP contribution in [0.2, 0.25) is 5.02 Å². The summed E-state index contributed by atoms with van der Waals surface area (Å²) < 4.78 is 27.8. The second-order valence-corrected chi connectivity index (χ2v) is 9.60. The molecular weight excluding hydrogens is 450 g/mol. The van der Waals surface area contributed by atoms with E-state index >= 15 is 0 Å². The van der Waals surface area contributed by atoms with Crippen molar-refractivity contribution in [3.05, 3.63) is 95.0 Å². The summed E-state index contributed by atoms with van der Waals surface area (Å²) in [5, 5.41) is 0.244. The first-order chi connectivity index (χ1) is 15.1. The lowest BCUT2D eigenvalue weighted by atomic mass is 9.84. The first-order valence-electron chi connectivity index (χ1n) is 9.65. The Hall–Kier alpha value is -3.36. The van der Waals surface area contributed by atoms with Crippen LogP contribution in [0.1, 0.15) is 29.8 Å². The summed E-state index contributed by atoms with van der Waals surface area (Å²) in [5.74, 6) is -1.07. The molecule has 0 saturated carbocycles. The minimum atomic E-state index is -3.98. The number of carbonyl (C=O) groups excluding carboxylic acids is 2. The number of hydrogen-bond donors (Lipinski definition) is 3. The van der Waals surface area contributed by atoms with Crippen molar-refractivity contribution in [1.82, 2.24) is 10.9 Å². The molecule has 9 heteroatoms. The van der Waals surface area contributed by atoms with Gasteiger partial charge in [0.2, 0.25) is 5.91 Å². The molecule has 2 amide bonds. The van der Waals surface area contributed by atoms with Gasteiger partial charge in [0.05, 0.1) is 21.0 Å². The highest BCUT2D eigenvalue weighted by Gasteiger charge is 2.30. The maximum atomic E-state index is 12.7. The van der Waals surface area contributed by atoms with Crippen LogP contribution in [0.3, 0.4) is 0 Å². The number of anilines is 1. The van der Waals surface area contributed by atoms with Crippen molar-refractivity contribution in [2.45, 2.75) is 24.2 Å². The molecule has 0 atom stereocenters. The van der Waals surface area contributed by atoms with E-state index < -0.39 is 27.3 Å². The van der Waals surface area contributed by atoms with E-state index in [0.29, 0.717) is 0 Å². The Bertz CT molecular complexity index is 1240. The molecule has 7 nitrogen and oxygen atoms in total. The molecular formula is C23H22ClN3O4S. The number of benzene rings is 3. The summed E-state index contributed by atoms with van der Waals surface area (Å²) in [7, 11) is -3.98. The molecule has 0 aliphatic rings. The molecule has 0 unspecified atom stereocenters. The molecule has 0 aromatic heterocycles. The highest BCUT2D eigenvalue weighted by atomic mass is 35.5. The zero-order chi connectivity index (χ0) is 23.4. The molecule has 3 N–H and O–H groups in total. The maximum Gasteiger partial charge on any atom is 0.269 e. The number of nitrogens with one attached hydrogen (secondary N) is 3. The number of amides is 2. The zero-order valence-corrected chi connectivity index (χ0v) is 19.0. The third-order valence-electron chi connectivity index (χ3n) is 4.88. The Morgan fingerprint density at radius 1 is 0.844 bits per heavy atom. The van der Waals surface area contributed by atoms with Gasteiger partial charge in [0.15, 0.2) is 0 Å². The van der Waals surface area contributed by atoms with E-state index in [1.54, 1.807) is 32.0 Å².